The molecule has 2 aromatic heterocycles. The molecule has 0 bridgehead atoms. The number of nitrogens with one attached hydrogen (secondary N) is 2. The number of rotatable bonds is 3. The lowest BCUT2D eigenvalue weighted by Gasteiger charge is -2.07. The van der Waals surface area contributed by atoms with Gasteiger partial charge in [0, 0.05) is 47.4 Å². The molecule has 118 valence electrons. The quantitative estimate of drug-likeness (QED) is 0.776. The topological polar surface area (TPSA) is 70.1 Å². The Hall–Kier alpha value is -3.21. The summed E-state index contributed by atoms with van der Waals surface area (Å²) in [6, 6.07) is 12.4. The summed E-state index contributed by atoms with van der Waals surface area (Å²) in [5.41, 5.74) is 7.79. The molecular weight excluding hydrogens is 300 g/mol. The lowest BCUT2D eigenvalue weighted by atomic mass is 10.1. The second-order valence-corrected chi connectivity index (χ2v) is 5.74. The summed E-state index contributed by atoms with van der Waals surface area (Å²) >= 11 is 0. The number of nitrogens with zero attached hydrogens (tertiary/aromatic N) is 2. The van der Waals surface area contributed by atoms with Crippen LogP contribution >= 0.6 is 0 Å². The van der Waals surface area contributed by atoms with Gasteiger partial charge in [-0.25, -0.2) is 5.43 Å². The van der Waals surface area contributed by atoms with Crippen LogP contribution in [0.5, 0.6) is 0 Å². The van der Waals surface area contributed by atoms with Crippen LogP contribution in [-0.4, -0.2) is 21.6 Å². The van der Waals surface area contributed by atoms with Gasteiger partial charge in [-0.3, -0.25) is 9.78 Å². The largest absolute Gasteiger partial charge is 0.355 e. The number of hydrogen-bond donors (Lipinski definition) is 2. The first-order valence-electron chi connectivity index (χ1n) is 7.84. The summed E-state index contributed by atoms with van der Waals surface area (Å²) in [6.07, 6.45) is 8.74. The predicted molar refractivity (Wildman–Crippen MR) is 95.4 cm³/mol. The van der Waals surface area contributed by atoms with Crippen LogP contribution in [0.15, 0.2) is 60.0 Å². The summed E-state index contributed by atoms with van der Waals surface area (Å²) in [6.45, 7) is 0. The standard InChI is InChI=1S/C19H16N4O/c24-19-6-4-16(22-23-19)3-1-13-2-5-17-15(11-13)12-18(21-17)14-7-9-20-10-8-14/h1-3,5,7-12,21H,4,6H2,(H,23,24)/b3-1+. The normalized spacial score (nSPS) is 14.8. The molecule has 0 saturated carbocycles. The number of fused-ring (bicyclic) bond motifs is 1. The second kappa shape index (κ2) is 6.12. The highest BCUT2D eigenvalue weighted by molar-refractivity contribution is 6.02. The maximum atomic E-state index is 11.1. The molecule has 1 aromatic carbocycles. The van der Waals surface area contributed by atoms with Gasteiger partial charge in [-0.1, -0.05) is 12.1 Å². The van der Waals surface area contributed by atoms with E-state index < -0.39 is 0 Å². The zero-order valence-corrected chi connectivity index (χ0v) is 13.0. The van der Waals surface area contributed by atoms with E-state index in [1.807, 2.05) is 24.3 Å². The van der Waals surface area contributed by atoms with Crippen LogP contribution in [0.4, 0.5) is 0 Å². The Morgan fingerprint density at radius 3 is 2.67 bits per heavy atom. The molecule has 4 rings (SSSR count). The monoisotopic (exact) mass is 316 g/mol. The first-order valence-corrected chi connectivity index (χ1v) is 7.84. The molecule has 1 aliphatic rings. The number of aromatic nitrogens is 2. The Labute approximate surface area is 139 Å². The van der Waals surface area contributed by atoms with Crippen LogP contribution in [-0.2, 0) is 4.79 Å². The van der Waals surface area contributed by atoms with E-state index in [9.17, 15) is 4.79 Å². The van der Waals surface area contributed by atoms with Gasteiger partial charge in [-0.2, -0.15) is 5.10 Å². The van der Waals surface area contributed by atoms with E-state index in [0.29, 0.717) is 12.8 Å². The van der Waals surface area contributed by atoms with Crippen molar-refractivity contribution in [1.82, 2.24) is 15.4 Å². The van der Waals surface area contributed by atoms with E-state index in [1.165, 1.54) is 0 Å². The van der Waals surface area contributed by atoms with Crippen LogP contribution < -0.4 is 5.43 Å². The van der Waals surface area contributed by atoms with Gasteiger partial charge >= 0.3 is 0 Å². The fourth-order valence-electron chi connectivity index (χ4n) is 2.74. The molecule has 0 aliphatic carbocycles. The highest BCUT2D eigenvalue weighted by Gasteiger charge is 2.08. The van der Waals surface area contributed by atoms with Crippen molar-refractivity contribution < 1.29 is 4.79 Å². The number of hydrazone groups is 1. The smallest absolute Gasteiger partial charge is 0.240 e. The number of amides is 1. The lowest BCUT2D eigenvalue weighted by molar-refractivity contribution is -0.121. The maximum Gasteiger partial charge on any atom is 0.240 e. The van der Waals surface area contributed by atoms with Crippen LogP contribution in [0.1, 0.15) is 18.4 Å². The SMILES string of the molecule is O=C1CCC(/C=C/c2ccc3[nH]c(-c4ccncc4)cc3c2)=NN1. The summed E-state index contributed by atoms with van der Waals surface area (Å²) < 4.78 is 0. The van der Waals surface area contributed by atoms with Gasteiger partial charge in [-0.15, -0.1) is 0 Å². The minimum absolute atomic E-state index is 0.0236. The van der Waals surface area contributed by atoms with Crippen molar-refractivity contribution >= 4 is 28.6 Å². The van der Waals surface area contributed by atoms with Crippen molar-refractivity contribution in [3.63, 3.8) is 0 Å². The average Bonchev–Trinajstić information content (AvgIpc) is 3.05. The third-order valence-electron chi connectivity index (χ3n) is 4.04. The molecule has 0 radical (unpaired) electrons. The first kappa shape index (κ1) is 14.4. The molecule has 0 spiro atoms. The lowest BCUT2D eigenvalue weighted by Crippen LogP contribution is -2.24. The Balaban J connectivity index is 1.60. The Kier molecular flexibility index (Phi) is 3.67. The van der Waals surface area contributed by atoms with Crippen molar-refractivity contribution in [2.75, 3.05) is 0 Å². The summed E-state index contributed by atoms with van der Waals surface area (Å²) in [4.78, 5) is 18.6. The molecule has 0 saturated heterocycles. The minimum atomic E-state index is -0.0236. The van der Waals surface area contributed by atoms with Crippen molar-refractivity contribution in [3.05, 3.63) is 60.4 Å². The van der Waals surface area contributed by atoms with Gasteiger partial charge < -0.3 is 4.98 Å². The van der Waals surface area contributed by atoms with Gasteiger partial charge in [0.1, 0.15) is 0 Å². The molecule has 5 nitrogen and oxygen atoms in total. The van der Waals surface area contributed by atoms with E-state index in [1.54, 1.807) is 12.4 Å². The van der Waals surface area contributed by atoms with Gasteiger partial charge in [-0.05, 0) is 42.0 Å². The number of benzene rings is 1. The zero-order valence-electron chi connectivity index (χ0n) is 13.0. The van der Waals surface area contributed by atoms with E-state index in [4.69, 9.17) is 0 Å². The number of allylic oxidation sites excluding steroid dienone is 1. The number of hydrogen-bond acceptors (Lipinski definition) is 3. The molecule has 2 N–H and O–H groups in total. The third-order valence-corrected chi connectivity index (χ3v) is 4.04. The van der Waals surface area contributed by atoms with Crippen LogP contribution in [0.2, 0.25) is 0 Å². The minimum Gasteiger partial charge on any atom is -0.355 e. The molecule has 3 heterocycles. The fraction of sp³-hybridized carbons (Fsp3) is 0.105. The first-order chi connectivity index (χ1) is 11.8. The van der Waals surface area contributed by atoms with E-state index in [-0.39, 0.29) is 5.91 Å². The van der Waals surface area contributed by atoms with Crippen molar-refractivity contribution in [1.29, 1.82) is 0 Å². The van der Waals surface area contributed by atoms with Gasteiger partial charge in [0.05, 0.1) is 5.71 Å². The molecule has 3 aromatic rings. The number of carbonyl (C=O) groups excluding carboxylic acids is 1. The number of pyridine rings is 1. The van der Waals surface area contributed by atoms with Gasteiger partial charge in [0.2, 0.25) is 5.91 Å². The Morgan fingerprint density at radius 2 is 1.88 bits per heavy atom. The molecule has 5 heteroatoms. The predicted octanol–water partition coefficient (Wildman–Crippen LogP) is 3.51. The Bertz CT molecular complexity index is 954. The van der Waals surface area contributed by atoms with E-state index in [0.717, 1.165) is 33.4 Å². The Morgan fingerprint density at radius 1 is 1.00 bits per heavy atom. The summed E-state index contributed by atoms with van der Waals surface area (Å²) in [7, 11) is 0. The zero-order chi connectivity index (χ0) is 16.4. The van der Waals surface area contributed by atoms with E-state index in [2.05, 4.69) is 44.8 Å². The van der Waals surface area contributed by atoms with Crippen molar-refractivity contribution in [2.45, 2.75) is 12.8 Å². The molecule has 24 heavy (non-hydrogen) atoms. The van der Waals surface area contributed by atoms with Gasteiger partial charge in [0.25, 0.3) is 0 Å². The van der Waals surface area contributed by atoms with Crippen LogP contribution in [0, 0.1) is 0 Å². The highest BCUT2D eigenvalue weighted by Crippen LogP contribution is 2.24. The number of H-pyrrole nitrogens is 1. The number of aromatic amines is 1. The number of carbonyl (C=O) groups is 1. The summed E-state index contributed by atoms with van der Waals surface area (Å²) in [5.74, 6) is -0.0236. The summed E-state index contributed by atoms with van der Waals surface area (Å²) in [5, 5.41) is 5.21. The van der Waals surface area contributed by atoms with Crippen LogP contribution in [0.25, 0.3) is 28.2 Å². The molecule has 1 amide bonds. The molecule has 0 atom stereocenters. The average molecular weight is 316 g/mol. The molecular formula is C19H16N4O. The fourth-order valence-corrected chi connectivity index (χ4v) is 2.74. The van der Waals surface area contributed by atoms with Crippen molar-refractivity contribution in [3.8, 4) is 11.3 Å². The highest BCUT2D eigenvalue weighted by atomic mass is 16.2. The molecule has 0 fully saturated rings. The molecule has 0 unspecified atom stereocenters. The van der Waals surface area contributed by atoms with E-state index >= 15 is 0 Å². The molecule has 1 aliphatic heterocycles. The van der Waals surface area contributed by atoms with Crippen LogP contribution in [0.3, 0.4) is 0 Å². The van der Waals surface area contributed by atoms with Crippen molar-refractivity contribution in [2.24, 2.45) is 5.10 Å². The maximum absolute atomic E-state index is 11.1. The van der Waals surface area contributed by atoms with Gasteiger partial charge in [0.15, 0.2) is 0 Å². The second-order valence-electron chi connectivity index (χ2n) is 5.74. The third kappa shape index (κ3) is 2.96.